The Morgan fingerprint density at radius 2 is 1.75 bits per heavy atom. The number of methoxy groups -OCH3 is 1. The van der Waals surface area contributed by atoms with Gasteiger partial charge in [-0.15, -0.1) is 0 Å². The van der Waals surface area contributed by atoms with Gasteiger partial charge in [-0.3, -0.25) is 9.59 Å². The van der Waals surface area contributed by atoms with Crippen LogP contribution in [0.15, 0.2) is 76.1 Å². The number of benzene rings is 3. The third kappa shape index (κ3) is 4.72. The molecular weight excluding hydrogens is 453 g/mol. The minimum Gasteiger partial charge on any atom is -0.496 e. The Morgan fingerprint density at radius 3 is 2.50 bits per heavy atom. The molecule has 0 unspecified atom stereocenters. The molecule has 4 aromatic rings. The van der Waals surface area contributed by atoms with Gasteiger partial charge in [-0.2, -0.15) is 0 Å². The molecule has 0 saturated carbocycles. The Balaban J connectivity index is 1.51. The van der Waals surface area contributed by atoms with Crippen LogP contribution in [-0.4, -0.2) is 19.6 Å². The largest absolute Gasteiger partial charge is 0.496 e. The van der Waals surface area contributed by atoms with Crippen LogP contribution in [0.5, 0.6) is 11.5 Å². The van der Waals surface area contributed by atoms with Gasteiger partial charge in [-0.1, -0.05) is 41.4 Å². The number of rotatable bonds is 6. The minimum absolute atomic E-state index is 0.196. The average molecular weight is 470 g/mol. The predicted molar refractivity (Wildman–Crippen MR) is 125 cm³/mol. The maximum atomic E-state index is 13.0. The molecule has 1 amide bonds. The topological polar surface area (TPSA) is 77.8 Å². The molecule has 0 bridgehead atoms. The molecule has 0 saturated heterocycles. The van der Waals surface area contributed by atoms with Crippen molar-refractivity contribution in [2.24, 2.45) is 0 Å². The highest BCUT2D eigenvalue weighted by atomic mass is 35.5. The Morgan fingerprint density at radius 1 is 1.00 bits per heavy atom. The molecule has 0 aliphatic rings. The minimum atomic E-state index is -0.392. The van der Waals surface area contributed by atoms with Crippen molar-refractivity contribution in [2.75, 3.05) is 19.0 Å². The highest BCUT2D eigenvalue weighted by molar-refractivity contribution is 6.35. The lowest BCUT2D eigenvalue weighted by atomic mass is 10.0. The van der Waals surface area contributed by atoms with Gasteiger partial charge in [-0.05, 0) is 36.4 Å². The number of para-hydroxylation sites is 1. The second kappa shape index (κ2) is 9.34. The molecule has 3 aromatic carbocycles. The molecule has 4 rings (SSSR count). The van der Waals surface area contributed by atoms with E-state index in [9.17, 15) is 9.59 Å². The zero-order valence-corrected chi connectivity index (χ0v) is 18.4. The lowest BCUT2D eigenvalue weighted by Crippen LogP contribution is -2.20. The highest BCUT2D eigenvalue weighted by Crippen LogP contribution is 2.29. The van der Waals surface area contributed by atoms with Gasteiger partial charge in [0, 0.05) is 27.4 Å². The Labute approximate surface area is 193 Å². The average Bonchev–Trinajstić information content (AvgIpc) is 2.77. The molecule has 162 valence electrons. The van der Waals surface area contributed by atoms with Gasteiger partial charge in [0.15, 0.2) is 6.61 Å². The molecule has 0 radical (unpaired) electrons. The summed E-state index contributed by atoms with van der Waals surface area (Å²) in [5.74, 6) is 0.562. The van der Waals surface area contributed by atoms with E-state index < -0.39 is 5.91 Å². The summed E-state index contributed by atoms with van der Waals surface area (Å²) >= 11 is 11.9. The Kier molecular flexibility index (Phi) is 6.35. The van der Waals surface area contributed by atoms with Crippen molar-refractivity contribution in [3.8, 4) is 22.6 Å². The molecule has 0 atom stereocenters. The summed E-state index contributed by atoms with van der Waals surface area (Å²) in [5.41, 5.74) is 1.64. The lowest BCUT2D eigenvalue weighted by molar-refractivity contribution is -0.118. The number of nitrogens with one attached hydrogen (secondary N) is 1. The van der Waals surface area contributed by atoms with Crippen LogP contribution in [-0.2, 0) is 4.79 Å². The van der Waals surface area contributed by atoms with Crippen molar-refractivity contribution in [3.05, 3.63) is 87.2 Å². The first-order valence-electron chi connectivity index (χ1n) is 9.52. The number of amides is 1. The molecular formula is C24H17Cl2NO5. The monoisotopic (exact) mass is 469 g/mol. The molecule has 1 aromatic heterocycles. The number of anilines is 1. The van der Waals surface area contributed by atoms with E-state index in [0.29, 0.717) is 49.3 Å². The van der Waals surface area contributed by atoms with Gasteiger partial charge >= 0.3 is 0 Å². The summed E-state index contributed by atoms with van der Waals surface area (Å²) in [6, 6.07) is 16.7. The van der Waals surface area contributed by atoms with Crippen LogP contribution in [0.25, 0.3) is 22.1 Å². The molecule has 32 heavy (non-hydrogen) atoms. The van der Waals surface area contributed by atoms with Crippen molar-refractivity contribution in [3.63, 3.8) is 0 Å². The zero-order chi connectivity index (χ0) is 22.7. The fourth-order valence-electron chi connectivity index (χ4n) is 3.22. The van der Waals surface area contributed by atoms with E-state index in [-0.39, 0.29) is 12.0 Å². The van der Waals surface area contributed by atoms with E-state index in [2.05, 4.69) is 5.32 Å². The first kappa shape index (κ1) is 21.7. The van der Waals surface area contributed by atoms with Crippen molar-refractivity contribution in [1.29, 1.82) is 0 Å². The van der Waals surface area contributed by atoms with E-state index in [4.69, 9.17) is 37.1 Å². The molecule has 0 aliphatic carbocycles. The fourth-order valence-corrected chi connectivity index (χ4v) is 3.75. The Hall–Kier alpha value is -3.48. The third-order valence-electron chi connectivity index (χ3n) is 4.66. The third-order valence-corrected chi connectivity index (χ3v) is 5.10. The van der Waals surface area contributed by atoms with Gasteiger partial charge in [-0.25, -0.2) is 0 Å². The van der Waals surface area contributed by atoms with Crippen LogP contribution in [0, 0.1) is 0 Å². The number of carbonyl (C=O) groups is 1. The molecule has 0 spiro atoms. The van der Waals surface area contributed by atoms with Gasteiger partial charge in [0.05, 0.1) is 18.1 Å². The summed E-state index contributed by atoms with van der Waals surface area (Å²) in [7, 11) is 1.54. The number of carbonyl (C=O) groups excluding carboxylic acids is 1. The van der Waals surface area contributed by atoms with Crippen LogP contribution in [0.3, 0.4) is 0 Å². The lowest BCUT2D eigenvalue weighted by Gasteiger charge is -2.10. The summed E-state index contributed by atoms with van der Waals surface area (Å²) in [4.78, 5) is 25.2. The maximum Gasteiger partial charge on any atom is 0.262 e. The van der Waals surface area contributed by atoms with Crippen LogP contribution >= 0.6 is 23.2 Å². The zero-order valence-electron chi connectivity index (χ0n) is 16.9. The predicted octanol–water partition coefficient (Wildman–Crippen LogP) is 5.79. The quantitative estimate of drug-likeness (QED) is 0.386. The van der Waals surface area contributed by atoms with Gasteiger partial charge in [0.25, 0.3) is 5.91 Å². The van der Waals surface area contributed by atoms with Crippen molar-refractivity contribution in [2.45, 2.75) is 0 Å². The smallest absolute Gasteiger partial charge is 0.262 e. The number of hydrogen-bond acceptors (Lipinski definition) is 5. The number of hydrogen-bond donors (Lipinski definition) is 1. The fraction of sp³-hybridized carbons (Fsp3) is 0.0833. The molecule has 0 aliphatic heterocycles. The normalized spacial score (nSPS) is 10.7. The molecule has 6 nitrogen and oxygen atoms in total. The summed E-state index contributed by atoms with van der Waals surface area (Å²) in [6.45, 7) is -0.251. The second-order valence-electron chi connectivity index (χ2n) is 6.83. The van der Waals surface area contributed by atoms with E-state index >= 15 is 0 Å². The van der Waals surface area contributed by atoms with Gasteiger partial charge in [0.2, 0.25) is 5.43 Å². The van der Waals surface area contributed by atoms with Crippen LogP contribution < -0.4 is 20.2 Å². The summed E-state index contributed by atoms with van der Waals surface area (Å²) < 4.78 is 16.6. The molecule has 1 N–H and O–H groups in total. The highest BCUT2D eigenvalue weighted by Gasteiger charge is 2.14. The number of fused-ring (bicyclic) bond motifs is 1. The van der Waals surface area contributed by atoms with Crippen LogP contribution in [0.2, 0.25) is 10.0 Å². The van der Waals surface area contributed by atoms with E-state index in [0.717, 1.165) is 0 Å². The van der Waals surface area contributed by atoms with E-state index in [1.807, 2.05) is 12.1 Å². The SMILES string of the molecule is COc1ccccc1-c1coc2cc(OCC(=O)Nc3cc(Cl)cc(Cl)c3)ccc2c1=O. The summed E-state index contributed by atoms with van der Waals surface area (Å²) in [6.07, 6.45) is 1.39. The van der Waals surface area contributed by atoms with E-state index in [1.165, 1.54) is 6.26 Å². The molecule has 0 fully saturated rings. The molecule has 8 heteroatoms. The number of halogens is 2. The summed E-state index contributed by atoms with van der Waals surface area (Å²) in [5, 5.41) is 3.86. The molecule has 1 heterocycles. The standard InChI is InChI=1S/C24H17Cl2NO5/c1-30-21-5-3-2-4-18(21)20-12-32-22-11-17(6-7-19(22)24(20)29)31-13-23(28)27-16-9-14(25)8-15(26)10-16/h2-12H,13H2,1H3,(H,27,28). The Bertz CT molecular complexity index is 1350. The van der Waals surface area contributed by atoms with Gasteiger partial charge in [0.1, 0.15) is 23.3 Å². The number of ether oxygens (including phenoxy) is 2. The van der Waals surface area contributed by atoms with Crippen LogP contribution in [0.4, 0.5) is 5.69 Å². The van der Waals surface area contributed by atoms with E-state index in [1.54, 1.807) is 55.6 Å². The maximum absolute atomic E-state index is 13.0. The van der Waals surface area contributed by atoms with Crippen molar-refractivity contribution >= 4 is 45.8 Å². The van der Waals surface area contributed by atoms with Crippen molar-refractivity contribution in [1.82, 2.24) is 0 Å². The van der Waals surface area contributed by atoms with Crippen LogP contribution in [0.1, 0.15) is 0 Å². The first-order chi connectivity index (χ1) is 15.4. The second-order valence-corrected chi connectivity index (χ2v) is 7.70. The first-order valence-corrected chi connectivity index (χ1v) is 10.3. The van der Waals surface area contributed by atoms with Crippen molar-refractivity contribution < 1.29 is 18.7 Å². The van der Waals surface area contributed by atoms with Gasteiger partial charge < -0.3 is 19.2 Å².